The van der Waals surface area contributed by atoms with E-state index in [1.165, 1.54) is 0 Å². The van der Waals surface area contributed by atoms with Crippen molar-refractivity contribution in [3.05, 3.63) is 0 Å². The van der Waals surface area contributed by atoms with E-state index in [1.807, 2.05) is 0 Å². The molecule has 1 aliphatic carbocycles. The summed E-state index contributed by atoms with van der Waals surface area (Å²) in [5, 5.41) is 5.80. The normalized spacial score (nSPS) is 22.6. The maximum absolute atomic E-state index is 12.6. The highest BCUT2D eigenvalue weighted by atomic mass is 32.2. The Bertz CT molecular complexity index is 900. The molecule has 16 heteroatoms. The first-order valence-electron chi connectivity index (χ1n) is 8.89. The molecule has 0 bridgehead atoms. The molecule has 0 radical (unpaired) electrons. The largest absolute Gasteiger partial charge is 0.344 e. The Hall–Kier alpha value is -2.43. The molecule has 1 aliphatic rings. The zero-order valence-electron chi connectivity index (χ0n) is 16.1. The van der Waals surface area contributed by atoms with Gasteiger partial charge in [-0.25, -0.2) is 0 Å². The van der Waals surface area contributed by atoms with Gasteiger partial charge in [0.25, 0.3) is 20.2 Å². The highest BCUT2D eigenvalue weighted by molar-refractivity contribution is 7.86. The standard InChI is InChI=1S/C15H23N3O11S2/c19-5-9-1-10(6-20)3-11(2-9)14(22)18-12(15(23)17-8-31(27,28)29)4-13(21)16-7-30(24,25)26/h5-6,9-12H,1-4,7-8H2,(H,16,21)(H,17,23)(H,18,22)(H,24,25,26)(H,27,28,29)/t9-,10+,11-,12-/m1/s1. The number of carbonyl (C=O) groups is 5. The molecule has 0 saturated heterocycles. The van der Waals surface area contributed by atoms with Crippen molar-refractivity contribution in [2.75, 3.05) is 11.8 Å². The van der Waals surface area contributed by atoms with E-state index in [1.54, 1.807) is 10.6 Å². The zero-order valence-corrected chi connectivity index (χ0v) is 17.7. The molecule has 1 saturated carbocycles. The molecule has 4 atom stereocenters. The minimum Gasteiger partial charge on any atom is -0.344 e. The molecule has 0 aromatic carbocycles. The van der Waals surface area contributed by atoms with Crippen LogP contribution in [0, 0.1) is 17.8 Å². The lowest BCUT2D eigenvalue weighted by atomic mass is 9.76. The van der Waals surface area contributed by atoms with Crippen LogP contribution in [0.15, 0.2) is 0 Å². The average molecular weight is 485 g/mol. The van der Waals surface area contributed by atoms with Gasteiger partial charge in [-0.15, -0.1) is 0 Å². The molecule has 0 aromatic heterocycles. The molecule has 0 aromatic rings. The third-order valence-electron chi connectivity index (χ3n) is 4.44. The number of amides is 3. The highest BCUT2D eigenvalue weighted by Crippen LogP contribution is 2.31. The number of nitrogens with one attached hydrogen (secondary N) is 3. The van der Waals surface area contributed by atoms with Gasteiger partial charge < -0.3 is 25.5 Å². The van der Waals surface area contributed by atoms with Crippen LogP contribution in [-0.2, 0) is 44.2 Å². The average Bonchev–Trinajstić information content (AvgIpc) is 2.68. The number of aldehydes is 2. The number of hydrogen-bond donors (Lipinski definition) is 5. The summed E-state index contributed by atoms with van der Waals surface area (Å²) in [5.41, 5.74) is 0. The molecule has 3 amide bonds. The van der Waals surface area contributed by atoms with E-state index in [0.29, 0.717) is 12.6 Å². The van der Waals surface area contributed by atoms with E-state index in [9.17, 15) is 40.8 Å². The summed E-state index contributed by atoms with van der Waals surface area (Å²) in [4.78, 5) is 58.8. The smallest absolute Gasteiger partial charge is 0.283 e. The highest BCUT2D eigenvalue weighted by Gasteiger charge is 2.35. The van der Waals surface area contributed by atoms with Crippen LogP contribution in [0.3, 0.4) is 0 Å². The van der Waals surface area contributed by atoms with Gasteiger partial charge >= 0.3 is 0 Å². The second-order valence-electron chi connectivity index (χ2n) is 7.06. The van der Waals surface area contributed by atoms with Crippen molar-refractivity contribution >= 4 is 50.5 Å². The van der Waals surface area contributed by atoms with Gasteiger partial charge in [-0.2, -0.15) is 16.8 Å². The summed E-state index contributed by atoms with van der Waals surface area (Å²) in [6.07, 6.45) is 0.832. The zero-order chi connectivity index (χ0) is 23.8. The van der Waals surface area contributed by atoms with Crippen molar-refractivity contribution in [1.29, 1.82) is 0 Å². The Kier molecular flexibility index (Phi) is 9.67. The van der Waals surface area contributed by atoms with Crippen LogP contribution in [0.4, 0.5) is 0 Å². The fourth-order valence-electron chi connectivity index (χ4n) is 3.06. The van der Waals surface area contributed by atoms with Crippen LogP contribution in [0.5, 0.6) is 0 Å². The number of hydrogen-bond acceptors (Lipinski definition) is 9. The Morgan fingerprint density at radius 2 is 1.35 bits per heavy atom. The molecule has 14 nitrogen and oxygen atoms in total. The number of carbonyl (C=O) groups excluding carboxylic acids is 5. The van der Waals surface area contributed by atoms with E-state index in [-0.39, 0.29) is 19.3 Å². The Balaban J connectivity index is 2.91. The topological polar surface area (TPSA) is 230 Å². The predicted octanol–water partition coefficient (Wildman–Crippen LogP) is -2.79. The first kappa shape index (κ1) is 26.6. The maximum Gasteiger partial charge on any atom is 0.283 e. The summed E-state index contributed by atoms with van der Waals surface area (Å²) in [6, 6.07) is -1.68. The Morgan fingerprint density at radius 1 is 0.871 bits per heavy atom. The van der Waals surface area contributed by atoms with Gasteiger partial charge in [0.2, 0.25) is 17.7 Å². The Labute approximate surface area is 178 Å². The molecule has 31 heavy (non-hydrogen) atoms. The van der Waals surface area contributed by atoms with Crippen LogP contribution < -0.4 is 16.0 Å². The van der Waals surface area contributed by atoms with Crippen molar-refractivity contribution < 1.29 is 49.9 Å². The first-order valence-corrected chi connectivity index (χ1v) is 12.1. The molecule has 0 heterocycles. The van der Waals surface area contributed by atoms with Crippen LogP contribution >= 0.6 is 0 Å². The van der Waals surface area contributed by atoms with Crippen LogP contribution in [-0.4, -0.2) is 74.0 Å². The van der Waals surface area contributed by atoms with E-state index in [0.717, 1.165) is 0 Å². The second-order valence-corrected chi connectivity index (χ2v) is 9.96. The Morgan fingerprint density at radius 3 is 1.81 bits per heavy atom. The molecule has 5 N–H and O–H groups in total. The van der Waals surface area contributed by atoms with Crippen molar-refractivity contribution in [1.82, 2.24) is 16.0 Å². The second kappa shape index (κ2) is 11.3. The van der Waals surface area contributed by atoms with Gasteiger partial charge in [-0.05, 0) is 19.3 Å². The predicted molar refractivity (Wildman–Crippen MR) is 102 cm³/mol. The monoisotopic (exact) mass is 485 g/mol. The lowest BCUT2D eigenvalue weighted by Gasteiger charge is -2.30. The van der Waals surface area contributed by atoms with E-state index in [4.69, 9.17) is 9.11 Å². The van der Waals surface area contributed by atoms with Crippen molar-refractivity contribution in [3.63, 3.8) is 0 Å². The fraction of sp³-hybridized carbons (Fsp3) is 0.667. The van der Waals surface area contributed by atoms with Gasteiger partial charge in [0.1, 0.15) is 30.4 Å². The lowest BCUT2D eigenvalue weighted by Crippen LogP contribution is -2.52. The quantitative estimate of drug-likeness (QED) is 0.148. The van der Waals surface area contributed by atoms with Crippen molar-refractivity contribution in [2.24, 2.45) is 17.8 Å². The van der Waals surface area contributed by atoms with Gasteiger partial charge in [0.05, 0.1) is 6.42 Å². The van der Waals surface area contributed by atoms with E-state index in [2.05, 4.69) is 5.32 Å². The third kappa shape index (κ3) is 10.4. The fourth-order valence-corrected chi connectivity index (χ4v) is 3.73. The first-order chi connectivity index (χ1) is 14.2. The van der Waals surface area contributed by atoms with Crippen molar-refractivity contribution in [2.45, 2.75) is 31.7 Å². The molecule has 1 rings (SSSR count). The van der Waals surface area contributed by atoms with Gasteiger partial charge in [0, 0.05) is 17.8 Å². The van der Waals surface area contributed by atoms with Crippen LogP contribution in [0.1, 0.15) is 25.7 Å². The van der Waals surface area contributed by atoms with E-state index >= 15 is 0 Å². The summed E-state index contributed by atoms with van der Waals surface area (Å²) < 4.78 is 60.4. The van der Waals surface area contributed by atoms with Gasteiger partial charge in [-0.3, -0.25) is 23.5 Å². The maximum atomic E-state index is 12.6. The minimum absolute atomic E-state index is 0.0913. The lowest BCUT2D eigenvalue weighted by molar-refractivity contribution is -0.134. The third-order valence-corrected chi connectivity index (χ3v) is 5.46. The summed E-state index contributed by atoms with van der Waals surface area (Å²) in [7, 11) is -9.18. The molecule has 176 valence electrons. The summed E-state index contributed by atoms with van der Waals surface area (Å²) >= 11 is 0. The van der Waals surface area contributed by atoms with Crippen LogP contribution in [0.2, 0.25) is 0 Å². The summed E-state index contributed by atoms with van der Waals surface area (Å²) in [5.74, 6) is -7.40. The molecule has 0 unspecified atom stereocenters. The van der Waals surface area contributed by atoms with Crippen molar-refractivity contribution in [3.8, 4) is 0 Å². The van der Waals surface area contributed by atoms with Gasteiger partial charge in [-0.1, -0.05) is 0 Å². The molecular weight excluding hydrogens is 462 g/mol. The molecule has 1 fully saturated rings. The van der Waals surface area contributed by atoms with Crippen LogP contribution in [0.25, 0.3) is 0 Å². The van der Waals surface area contributed by atoms with Gasteiger partial charge in [0.15, 0.2) is 0 Å². The minimum atomic E-state index is -4.62. The SMILES string of the molecule is O=C[C@@H]1C[C@H](C=O)C[C@H](C(=O)N[C@H](CC(=O)NCS(=O)(=O)O)C(=O)NCS(=O)(=O)O)C1. The summed E-state index contributed by atoms with van der Waals surface area (Å²) in [6.45, 7) is 0. The molecular formula is C15H23N3O11S2. The molecule has 0 aliphatic heterocycles. The molecule has 0 spiro atoms. The van der Waals surface area contributed by atoms with E-state index < -0.39 is 79.9 Å². The number of rotatable bonds is 11.